The minimum absolute atomic E-state index is 0. The van der Waals surface area contributed by atoms with Gasteiger partial charge in [0.05, 0.1) is 20.3 Å². The van der Waals surface area contributed by atoms with Gasteiger partial charge in [-0.25, -0.2) is 0 Å². The lowest BCUT2D eigenvalue weighted by Crippen LogP contribution is -2.39. The molecule has 1 aromatic carbocycles. The Morgan fingerprint density at radius 2 is 2.04 bits per heavy atom. The van der Waals surface area contributed by atoms with Gasteiger partial charge in [-0.05, 0) is 31.7 Å². The molecule has 1 fully saturated rings. The fourth-order valence-corrected chi connectivity index (χ4v) is 2.11. The predicted molar refractivity (Wildman–Crippen MR) is 105 cm³/mol. The van der Waals surface area contributed by atoms with Crippen LogP contribution in [0.1, 0.15) is 25.3 Å². The van der Waals surface area contributed by atoms with Crippen molar-refractivity contribution in [1.29, 1.82) is 0 Å². The van der Waals surface area contributed by atoms with Crippen LogP contribution in [0.3, 0.4) is 0 Å². The zero-order valence-corrected chi connectivity index (χ0v) is 16.3. The van der Waals surface area contributed by atoms with Crippen molar-refractivity contribution < 1.29 is 9.47 Å². The van der Waals surface area contributed by atoms with Gasteiger partial charge in [-0.2, -0.15) is 0 Å². The van der Waals surface area contributed by atoms with E-state index in [9.17, 15) is 0 Å². The number of benzene rings is 1. The summed E-state index contributed by atoms with van der Waals surface area (Å²) < 4.78 is 11.0. The van der Waals surface area contributed by atoms with Crippen LogP contribution in [0.15, 0.2) is 29.3 Å². The normalized spacial score (nSPS) is 14.1. The number of nitrogens with zero attached hydrogens (tertiary/aromatic N) is 1. The molecule has 0 aromatic heterocycles. The van der Waals surface area contributed by atoms with Crippen molar-refractivity contribution in [2.24, 2.45) is 10.9 Å². The Morgan fingerprint density at radius 3 is 2.74 bits per heavy atom. The van der Waals surface area contributed by atoms with E-state index in [4.69, 9.17) is 9.47 Å². The van der Waals surface area contributed by atoms with Crippen LogP contribution in [0.2, 0.25) is 0 Å². The van der Waals surface area contributed by atoms with Crippen LogP contribution in [0.25, 0.3) is 0 Å². The molecule has 0 atom stereocenters. The minimum Gasteiger partial charge on any atom is -0.496 e. The van der Waals surface area contributed by atoms with E-state index in [1.807, 2.05) is 24.3 Å². The van der Waals surface area contributed by atoms with E-state index in [2.05, 4.69) is 22.5 Å². The maximum absolute atomic E-state index is 5.70. The number of halogens is 1. The number of nitrogens with one attached hydrogen (secondary N) is 2. The summed E-state index contributed by atoms with van der Waals surface area (Å²) in [5.41, 5.74) is 1.07. The van der Waals surface area contributed by atoms with E-state index >= 15 is 0 Å². The molecule has 6 heteroatoms. The van der Waals surface area contributed by atoms with E-state index in [0.717, 1.165) is 42.8 Å². The second-order valence-corrected chi connectivity index (χ2v) is 5.45. The van der Waals surface area contributed by atoms with Crippen LogP contribution in [-0.4, -0.2) is 39.3 Å². The summed E-state index contributed by atoms with van der Waals surface area (Å²) in [5.74, 6) is 2.56. The van der Waals surface area contributed by atoms with Crippen LogP contribution in [0, 0.1) is 5.92 Å². The number of ether oxygens (including phenoxy) is 2. The number of hydrogen-bond acceptors (Lipinski definition) is 3. The zero-order valence-electron chi connectivity index (χ0n) is 14.0. The summed E-state index contributed by atoms with van der Waals surface area (Å²) >= 11 is 0. The zero-order chi connectivity index (χ0) is 15.6. The molecule has 2 N–H and O–H groups in total. The number of hydrogen-bond donors (Lipinski definition) is 2. The highest BCUT2D eigenvalue weighted by Gasteiger charge is 2.20. The van der Waals surface area contributed by atoms with Crippen molar-refractivity contribution >= 4 is 29.9 Å². The largest absolute Gasteiger partial charge is 0.496 e. The topological polar surface area (TPSA) is 54.9 Å². The Hall–Kier alpha value is -1.02. The molecule has 0 heterocycles. The second-order valence-electron chi connectivity index (χ2n) is 5.45. The third-order valence-corrected chi connectivity index (χ3v) is 3.54. The molecular weight excluding hydrogens is 405 g/mol. The maximum Gasteiger partial charge on any atom is 0.191 e. The van der Waals surface area contributed by atoms with Crippen LogP contribution < -0.4 is 15.4 Å². The molecule has 0 saturated heterocycles. The van der Waals surface area contributed by atoms with Crippen molar-refractivity contribution in [3.05, 3.63) is 29.8 Å². The lowest BCUT2D eigenvalue weighted by Gasteiger charge is -2.12. The Labute approximate surface area is 156 Å². The lowest BCUT2D eigenvalue weighted by molar-refractivity contribution is 0.123. The van der Waals surface area contributed by atoms with E-state index in [-0.39, 0.29) is 24.0 Å². The number of aliphatic imine (C=N–C) groups is 1. The van der Waals surface area contributed by atoms with Gasteiger partial charge in [0.2, 0.25) is 0 Å². The Bertz CT molecular complexity index is 479. The van der Waals surface area contributed by atoms with Gasteiger partial charge >= 0.3 is 0 Å². The average molecular weight is 433 g/mol. The molecule has 1 aliphatic carbocycles. The van der Waals surface area contributed by atoms with Crippen LogP contribution in [0.4, 0.5) is 0 Å². The third kappa shape index (κ3) is 7.87. The highest BCUT2D eigenvalue weighted by Crippen LogP contribution is 2.28. The monoisotopic (exact) mass is 433 g/mol. The highest BCUT2D eigenvalue weighted by molar-refractivity contribution is 14.0. The third-order valence-electron chi connectivity index (χ3n) is 3.54. The molecule has 1 saturated carbocycles. The molecule has 23 heavy (non-hydrogen) atoms. The van der Waals surface area contributed by atoms with Gasteiger partial charge in [0.15, 0.2) is 5.96 Å². The first-order valence-corrected chi connectivity index (χ1v) is 8.05. The Morgan fingerprint density at radius 1 is 1.26 bits per heavy atom. The summed E-state index contributed by atoms with van der Waals surface area (Å²) in [5, 5.41) is 6.56. The molecule has 0 unspecified atom stereocenters. The van der Waals surface area contributed by atoms with E-state index in [1.165, 1.54) is 12.8 Å². The lowest BCUT2D eigenvalue weighted by atomic mass is 10.2. The van der Waals surface area contributed by atoms with Gasteiger partial charge in [0.1, 0.15) is 5.75 Å². The molecule has 0 bridgehead atoms. The Balaban J connectivity index is 0.00000264. The number of rotatable bonds is 9. The maximum atomic E-state index is 5.70. The summed E-state index contributed by atoms with van der Waals surface area (Å²) in [6.07, 6.45) is 2.65. The molecule has 2 rings (SSSR count). The van der Waals surface area contributed by atoms with Crippen molar-refractivity contribution in [3.8, 4) is 5.75 Å². The minimum atomic E-state index is 0. The van der Waals surface area contributed by atoms with Crippen molar-refractivity contribution in [3.63, 3.8) is 0 Å². The van der Waals surface area contributed by atoms with Crippen molar-refractivity contribution in [2.75, 3.05) is 33.4 Å². The summed E-state index contributed by atoms with van der Waals surface area (Å²) in [6.45, 7) is 5.81. The summed E-state index contributed by atoms with van der Waals surface area (Å²) in [7, 11) is 1.68. The van der Waals surface area contributed by atoms with E-state index < -0.39 is 0 Å². The van der Waals surface area contributed by atoms with Gasteiger partial charge in [-0.3, -0.25) is 4.99 Å². The number of methoxy groups -OCH3 is 1. The quantitative estimate of drug-likeness (QED) is 0.272. The van der Waals surface area contributed by atoms with Crippen LogP contribution >= 0.6 is 24.0 Å². The Kier molecular flexibility index (Phi) is 10.0. The van der Waals surface area contributed by atoms with Gasteiger partial charge in [-0.1, -0.05) is 18.2 Å². The molecule has 0 aliphatic heterocycles. The molecule has 0 radical (unpaired) electrons. The number of guanidine groups is 1. The average Bonchev–Trinajstić information content (AvgIpc) is 3.37. The molecule has 5 nitrogen and oxygen atoms in total. The van der Waals surface area contributed by atoms with Gasteiger partial charge in [-0.15, -0.1) is 24.0 Å². The first kappa shape index (κ1) is 20.0. The fourth-order valence-electron chi connectivity index (χ4n) is 2.11. The van der Waals surface area contributed by atoms with Crippen LogP contribution in [-0.2, 0) is 11.3 Å². The highest BCUT2D eigenvalue weighted by atomic mass is 127. The van der Waals surface area contributed by atoms with Gasteiger partial charge in [0.25, 0.3) is 0 Å². The smallest absolute Gasteiger partial charge is 0.191 e. The van der Waals surface area contributed by atoms with Crippen molar-refractivity contribution in [1.82, 2.24) is 10.6 Å². The van der Waals surface area contributed by atoms with Crippen molar-refractivity contribution in [2.45, 2.75) is 26.4 Å². The standard InChI is InChI=1S/C17H27N3O2.HI/c1-3-18-17(20-12-14-8-9-14)19-10-11-22-13-15-6-4-5-7-16(15)21-2;/h4-7,14H,3,8-13H2,1-2H3,(H2,18,19,20);1H. The molecule has 1 aromatic rings. The molecule has 130 valence electrons. The molecule has 0 spiro atoms. The SMILES string of the molecule is CCNC(=NCC1CC1)NCCOCc1ccccc1OC.I. The van der Waals surface area contributed by atoms with Gasteiger partial charge < -0.3 is 20.1 Å². The second kappa shape index (κ2) is 11.5. The summed E-state index contributed by atoms with van der Waals surface area (Å²) in [4.78, 5) is 4.58. The molecule has 1 aliphatic rings. The van der Waals surface area contributed by atoms with E-state index in [0.29, 0.717) is 13.2 Å². The fraction of sp³-hybridized carbons (Fsp3) is 0.588. The summed E-state index contributed by atoms with van der Waals surface area (Å²) in [6, 6.07) is 7.92. The number of para-hydroxylation sites is 1. The van der Waals surface area contributed by atoms with Crippen LogP contribution in [0.5, 0.6) is 5.75 Å². The first-order valence-electron chi connectivity index (χ1n) is 8.05. The van der Waals surface area contributed by atoms with Gasteiger partial charge in [0, 0.05) is 25.2 Å². The van der Waals surface area contributed by atoms with E-state index in [1.54, 1.807) is 7.11 Å². The predicted octanol–water partition coefficient (Wildman–Crippen LogP) is 2.79. The molecule has 0 amide bonds. The first-order chi connectivity index (χ1) is 10.8. The molecular formula is C17H28IN3O2.